The van der Waals surface area contributed by atoms with Crippen molar-refractivity contribution in [2.45, 2.75) is 13.0 Å². The number of aliphatic hydroxyl groups is 1. The summed E-state index contributed by atoms with van der Waals surface area (Å²) in [5, 5.41) is 11.7. The standard InChI is InChI=1S/C17H16BrNO3/c1-11(10-20)19-17(22)15-5-3-2-4-14(15)16(21)12-6-8-13(18)9-7-12/h2-9,11,20H,10H2,1H3,(H,19,22). The van der Waals surface area contributed by atoms with Crippen LogP contribution in [-0.2, 0) is 0 Å². The highest BCUT2D eigenvalue weighted by Gasteiger charge is 2.18. The first-order valence-corrected chi connectivity index (χ1v) is 7.63. The lowest BCUT2D eigenvalue weighted by molar-refractivity contribution is 0.0913. The molecule has 2 aromatic carbocycles. The Morgan fingerprint density at radius 1 is 1.09 bits per heavy atom. The Morgan fingerprint density at radius 3 is 2.27 bits per heavy atom. The zero-order valence-corrected chi connectivity index (χ0v) is 13.6. The van der Waals surface area contributed by atoms with E-state index in [1.807, 2.05) is 0 Å². The first kappa shape index (κ1) is 16.4. The van der Waals surface area contributed by atoms with E-state index >= 15 is 0 Å². The fourth-order valence-corrected chi connectivity index (χ4v) is 2.25. The van der Waals surface area contributed by atoms with Gasteiger partial charge in [0.25, 0.3) is 5.91 Å². The summed E-state index contributed by atoms with van der Waals surface area (Å²) in [6.07, 6.45) is 0. The van der Waals surface area contributed by atoms with E-state index in [1.54, 1.807) is 55.5 Å². The molecule has 2 aromatic rings. The van der Waals surface area contributed by atoms with E-state index in [0.29, 0.717) is 16.7 Å². The van der Waals surface area contributed by atoms with Crippen LogP contribution in [-0.4, -0.2) is 29.4 Å². The number of ketones is 1. The average Bonchev–Trinajstić information content (AvgIpc) is 2.54. The summed E-state index contributed by atoms with van der Waals surface area (Å²) in [5.41, 5.74) is 1.15. The number of carbonyl (C=O) groups is 2. The molecule has 1 atom stereocenters. The average molecular weight is 362 g/mol. The normalized spacial score (nSPS) is 11.8. The molecule has 114 valence electrons. The maximum atomic E-state index is 12.6. The van der Waals surface area contributed by atoms with Crippen molar-refractivity contribution in [2.24, 2.45) is 0 Å². The van der Waals surface area contributed by atoms with Crippen LogP contribution in [0, 0.1) is 0 Å². The summed E-state index contributed by atoms with van der Waals surface area (Å²) in [4.78, 5) is 24.8. The third-order valence-corrected chi connectivity index (χ3v) is 3.70. The number of amides is 1. The molecule has 0 aromatic heterocycles. The summed E-state index contributed by atoms with van der Waals surface area (Å²) in [6.45, 7) is 1.53. The molecule has 0 aliphatic carbocycles. The molecule has 0 spiro atoms. The molecule has 0 aliphatic heterocycles. The fourth-order valence-electron chi connectivity index (χ4n) is 1.98. The second kappa shape index (κ2) is 7.33. The van der Waals surface area contributed by atoms with Gasteiger partial charge >= 0.3 is 0 Å². The van der Waals surface area contributed by atoms with Crippen molar-refractivity contribution < 1.29 is 14.7 Å². The van der Waals surface area contributed by atoms with Crippen molar-refractivity contribution in [3.05, 3.63) is 69.7 Å². The van der Waals surface area contributed by atoms with Gasteiger partial charge in [-0.15, -0.1) is 0 Å². The molecule has 5 heteroatoms. The molecule has 0 heterocycles. The van der Waals surface area contributed by atoms with Crippen molar-refractivity contribution in [3.8, 4) is 0 Å². The van der Waals surface area contributed by atoms with Gasteiger partial charge in [-0.25, -0.2) is 0 Å². The van der Waals surface area contributed by atoms with E-state index in [0.717, 1.165) is 4.47 Å². The number of carbonyl (C=O) groups excluding carboxylic acids is 2. The minimum atomic E-state index is -0.373. The third kappa shape index (κ3) is 3.81. The lowest BCUT2D eigenvalue weighted by Gasteiger charge is -2.13. The Balaban J connectivity index is 2.33. The number of aliphatic hydroxyl groups excluding tert-OH is 1. The molecule has 0 radical (unpaired) electrons. The molecule has 2 rings (SSSR count). The van der Waals surface area contributed by atoms with E-state index in [2.05, 4.69) is 21.2 Å². The van der Waals surface area contributed by atoms with Gasteiger partial charge in [-0.05, 0) is 37.3 Å². The van der Waals surface area contributed by atoms with Crippen LogP contribution in [0.2, 0.25) is 0 Å². The SMILES string of the molecule is CC(CO)NC(=O)c1ccccc1C(=O)c1ccc(Br)cc1. The lowest BCUT2D eigenvalue weighted by atomic mass is 9.98. The van der Waals surface area contributed by atoms with Gasteiger partial charge in [0.05, 0.1) is 12.2 Å². The van der Waals surface area contributed by atoms with Gasteiger partial charge in [0.15, 0.2) is 5.78 Å². The molecule has 22 heavy (non-hydrogen) atoms. The van der Waals surface area contributed by atoms with Gasteiger partial charge in [-0.2, -0.15) is 0 Å². The number of nitrogens with one attached hydrogen (secondary N) is 1. The summed E-state index contributed by atoms with van der Waals surface area (Å²) >= 11 is 3.32. The molecule has 0 fully saturated rings. The van der Waals surface area contributed by atoms with Gasteiger partial charge in [0.2, 0.25) is 0 Å². The Kier molecular flexibility index (Phi) is 5.46. The third-order valence-electron chi connectivity index (χ3n) is 3.17. The van der Waals surface area contributed by atoms with Crippen LogP contribution in [0.25, 0.3) is 0 Å². The molecule has 2 N–H and O–H groups in total. The Morgan fingerprint density at radius 2 is 1.68 bits per heavy atom. The fraction of sp³-hybridized carbons (Fsp3) is 0.176. The predicted octanol–water partition coefficient (Wildman–Crippen LogP) is 2.79. The second-order valence-corrected chi connectivity index (χ2v) is 5.85. The van der Waals surface area contributed by atoms with Crippen LogP contribution in [0.1, 0.15) is 33.2 Å². The Bertz CT molecular complexity index is 683. The van der Waals surface area contributed by atoms with Gasteiger partial charge in [-0.1, -0.05) is 34.1 Å². The van der Waals surface area contributed by atoms with Crippen molar-refractivity contribution in [1.29, 1.82) is 0 Å². The van der Waals surface area contributed by atoms with Gasteiger partial charge in [0, 0.05) is 21.6 Å². The summed E-state index contributed by atoms with van der Waals surface area (Å²) in [5.74, 6) is -0.586. The quantitative estimate of drug-likeness (QED) is 0.804. The monoisotopic (exact) mass is 361 g/mol. The topological polar surface area (TPSA) is 66.4 Å². The largest absolute Gasteiger partial charge is 0.394 e. The molecule has 4 nitrogen and oxygen atoms in total. The highest BCUT2D eigenvalue weighted by Crippen LogP contribution is 2.17. The summed E-state index contributed by atoms with van der Waals surface area (Å²) < 4.78 is 0.881. The van der Waals surface area contributed by atoms with E-state index in [1.165, 1.54) is 0 Å². The van der Waals surface area contributed by atoms with Gasteiger partial charge in [-0.3, -0.25) is 9.59 Å². The van der Waals surface area contributed by atoms with Crippen LogP contribution in [0.15, 0.2) is 53.0 Å². The number of rotatable bonds is 5. The molecule has 0 saturated heterocycles. The number of benzene rings is 2. The van der Waals surface area contributed by atoms with Gasteiger partial charge < -0.3 is 10.4 Å². The molecule has 1 amide bonds. The van der Waals surface area contributed by atoms with E-state index in [-0.39, 0.29) is 24.3 Å². The number of hydrogen-bond acceptors (Lipinski definition) is 3. The molecule has 0 aliphatic rings. The Hall–Kier alpha value is -1.98. The highest BCUT2D eigenvalue weighted by molar-refractivity contribution is 9.10. The summed E-state index contributed by atoms with van der Waals surface area (Å²) in [6, 6.07) is 13.3. The van der Waals surface area contributed by atoms with E-state index in [9.17, 15) is 9.59 Å². The lowest BCUT2D eigenvalue weighted by Crippen LogP contribution is -2.35. The first-order chi connectivity index (χ1) is 10.5. The van der Waals surface area contributed by atoms with Crippen molar-refractivity contribution in [2.75, 3.05) is 6.61 Å². The number of hydrogen-bond donors (Lipinski definition) is 2. The van der Waals surface area contributed by atoms with Crippen LogP contribution >= 0.6 is 15.9 Å². The minimum Gasteiger partial charge on any atom is -0.394 e. The first-order valence-electron chi connectivity index (χ1n) is 6.84. The molecular formula is C17H16BrNO3. The second-order valence-electron chi connectivity index (χ2n) is 4.94. The molecule has 1 unspecified atom stereocenters. The molecule has 0 saturated carbocycles. The van der Waals surface area contributed by atoms with Crippen LogP contribution in [0.3, 0.4) is 0 Å². The van der Waals surface area contributed by atoms with Crippen molar-refractivity contribution in [3.63, 3.8) is 0 Å². The zero-order valence-electron chi connectivity index (χ0n) is 12.0. The van der Waals surface area contributed by atoms with E-state index in [4.69, 9.17) is 5.11 Å². The Labute approximate surface area is 137 Å². The van der Waals surface area contributed by atoms with Crippen LogP contribution in [0.5, 0.6) is 0 Å². The zero-order chi connectivity index (χ0) is 16.1. The maximum Gasteiger partial charge on any atom is 0.252 e. The molecule has 0 bridgehead atoms. The number of halogens is 1. The van der Waals surface area contributed by atoms with E-state index < -0.39 is 0 Å². The van der Waals surface area contributed by atoms with Crippen LogP contribution in [0.4, 0.5) is 0 Å². The van der Waals surface area contributed by atoms with Crippen molar-refractivity contribution >= 4 is 27.6 Å². The smallest absolute Gasteiger partial charge is 0.252 e. The predicted molar refractivity (Wildman–Crippen MR) is 88.0 cm³/mol. The minimum absolute atomic E-state index is 0.158. The van der Waals surface area contributed by atoms with Crippen LogP contribution < -0.4 is 5.32 Å². The van der Waals surface area contributed by atoms with Crippen molar-refractivity contribution in [1.82, 2.24) is 5.32 Å². The summed E-state index contributed by atoms with van der Waals surface area (Å²) in [7, 11) is 0. The van der Waals surface area contributed by atoms with Gasteiger partial charge in [0.1, 0.15) is 0 Å². The molecular weight excluding hydrogens is 346 g/mol. The highest BCUT2D eigenvalue weighted by atomic mass is 79.9. The maximum absolute atomic E-state index is 12.6.